The molecule has 62 heavy (non-hydrogen) atoms. The predicted octanol–water partition coefficient (Wildman–Crippen LogP) is 16.0. The summed E-state index contributed by atoms with van der Waals surface area (Å²) in [5.41, 5.74) is 0. The Morgan fingerprint density at radius 2 is 0.839 bits per heavy atom. The zero-order valence-corrected chi connectivity index (χ0v) is 41.0. The number of aliphatic hydroxyl groups excluding tert-OH is 2. The normalized spacial score (nSPS) is 13.7. The van der Waals surface area contributed by atoms with Gasteiger partial charge in [0.25, 0.3) is 0 Å². The molecule has 1 amide bonds. The lowest BCUT2D eigenvalue weighted by Crippen LogP contribution is -2.46. The Kier molecular flexibility index (Phi) is 47.6. The molecule has 3 N–H and O–H groups in total. The van der Waals surface area contributed by atoms with E-state index in [-0.39, 0.29) is 24.9 Å². The van der Waals surface area contributed by atoms with E-state index in [4.69, 9.17) is 4.74 Å². The summed E-state index contributed by atoms with van der Waals surface area (Å²) in [6, 6.07) is -0.720. The maximum Gasteiger partial charge on any atom is 0.306 e. The van der Waals surface area contributed by atoms with Crippen LogP contribution in [0.3, 0.4) is 0 Å². The van der Waals surface area contributed by atoms with Crippen molar-refractivity contribution in [2.75, 3.05) is 6.61 Å². The fraction of sp³-hybridized carbons (Fsp3) is 0.786. The summed E-state index contributed by atoms with van der Waals surface area (Å²) in [6.45, 7) is 6.42. The first-order valence-corrected chi connectivity index (χ1v) is 26.5. The largest absolute Gasteiger partial charge is 0.462 e. The third-order valence-corrected chi connectivity index (χ3v) is 11.8. The number of carbonyl (C=O) groups is 2. The summed E-state index contributed by atoms with van der Waals surface area (Å²) < 4.78 is 5.91. The first-order chi connectivity index (χ1) is 30.5. The maximum absolute atomic E-state index is 13.2. The minimum absolute atomic E-state index is 0.0378. The van der Waals surface area contributed by atoms with E-state index in [0.717, 1.165) is 70.6 Å². The number of ether oxygens (including phenoxy) is 1. The molecule has 0 aliphatic carbocycles. The smallest absolute Gasteiger partial charge is 0.306 e. The van der Waals surface area contributed by atoms with Gasteiger partial charge in [0.1, 0.15) is 6.10 Å². The van der Waals surface area contributed by atoms with E-state index >= 15 is 0 Å². The summed E-state index contributed by atoms with van der Waals surface area (Å²) in [7, 11) is 0. The molecule has 0 aromatic rings. The van der Waals surface area contributed by atoms with Crippen LogP contribution in [0.1, 0.15) is 258 Å². The molecule has 0 fully saturated rings. The van der Waals surface area contributed by atoms with Crippen molar-refractivity contribution in [3.05, 3.63) is 60.8 Å². The Morgan fingerprint density at radius 3 is 1.34 bits per heavy atom. The van der Waals surface area contributed by atoms with E-state index < -0.39 is 18.2 Å². The second-order valence-electron chi connectivity index (χ2n) is 17.9. The third kappa shape index (κ3) is 44.2. The lowest BCUT2D eigenvalue weighted by atomic mass is 10.0. The van der Waals surface area contributed by atoms with Gasteiger partial charge < -0.3 is 20.3 Å². The van der Waals surface area contributed by atoms with Crippen LogP contribution in [0.5, 0.6) is 0 Å². The molecule has 0 saturated carbocycles. The van der Waals surface area contributed by atoms with E-state index in [2.05, 4.69) is 86.8 Å². The topological polar surface area (TPSA) is 95.9 Å². The molecule has 0 rings (SSSR count). The molecule has 0 bridgehead atoms. The van der Waals surface area contributed by atoms with Crippen LogP contribution in [-0.4, -0.2) is 46.9 Å². The number of hydrogen-bond donors (Lipinski definition) is 3. The monoisotopic (exact) mass is 868 g/mol. The van der Waals surface area contributed by atoms with Crippen molar-refractivity contribution in [3.63, 3.8) is 0 Å². The lowest BCUT2D eigenvalue weighted by molar-refractivity contribution is -0.151. The number of allylic oxidation sites excluding steroid dienone is 10. The molecule has 0 aromatic carbocycles. The Balaban J connectivity index is 4.70. The Bertz CT molecular complexity index is 1110. The maximum atomic E-state index is 13.2. The first kappa shape index (κ1) is 59.6. The highest BCUT2D eigenvalue weighted by Gasteiger charge is 2.24. The molecule has 0 aliphatic heterocycles. The number of esters is 1. The van der Waals surface area contributed by atoms with Gasteiger partial charge in [-0.05, 0) is 89.9 Å². The highest BCUT2D eigenvalue weighted by atomic mass is 16.5. The van der Waals surface area contributed by atoms with E-state index in [0.29, 0.717) is 19.3 Å². The summed E-state index contributed by atoms with van der Waals surface area (Å²) in [4.78, 5) is 26.2. The van der Waals surface area contributed by atoms with Crippen LogP contribution in [0.25, 0.3) is 0 Å². The van der Waals surface area contributed by atoms with E-state index in [1.165, 1.54) is 141 Å². The number of nitrogens with one attached hydrogen (secondary N) is 1. The van der Waals surface area contributed by atoms with Crippen molar-refractivity contribution in [1.29, 1.82) is 0 Å². The molecule has 0 radical (unpaired) electrons. The van der Waals surface area contributed by atoms with Gasteiger partial charge in [-0.2, -0.15) is 0 Å². The number of amides is 1. The standard InChI is InChI=1S/C56H101NO5/c1-4-7-10-13-16-19-22-24-26-27-29-30-33-35-38-41-44-47-52(62-56(61)49-46-43-40-37-34-31-28-25-23-20-17-14-11-8-5-2)50-55(60)57-53(51-58)54(59)48-45-42-39-36-32-21-18-15-12-9-6-3/h16,19-20,23-24,26,29-30,35,38,52-54,58-59H,4-15,17-18,21-22,25,27-28,31-34,36-37,39-51H2,1-3H3,(H,57,60)/b19-16-,23-20-,26-24-,30-29-,38-35-. The summed E-state index contributed by atoms with van der Waals surface area (Å²) in [6.07, 6.45) is 61.4. The van der Waals surface area contributed by atoms with Gasteiger partial charge in [-0.25, -0.2) is 0 Å². The summed E-state index contributed by atoms with van der Waals surface area (Å²) >= 11 is 0. The lowest BCUT2D eigenvalue weighted by Gasteiger charge is -2.24. The minimum atomic E-state index is -0.803. The molecule has 6 nitrogen and oxygen atoms in total. The van der Waals surface area contributed by atoms with Gasteiger partial charge in [0.15, 0.2) is 0 Å². The molecular formula is C56H101NO5. The van der Waals surface area contributed by atoms with Crippen LogP contribution < -0.4 is 5.32 Å². The van der Waals surface area contributed by atoms with Gasteiger partial charge in [-0.15, -0.1) is 0 Å². The fourth-order valence-electron chi connectivity index (χ4n) is 7.77. The van der Waals surface area contributed by atoms with Gasteiger partial charge >= 0.3 is 5.97 Å². The van der Waals surface area contributed by atoms with Crippen molar-refractivity contribution in [1.82, 2.24) is 5.32 Å². The van der Waals surface area contributed by atoms with E-state index in [9.17, 15) is 19.8 Å². The average molecular weight is 868 g/mol. The third-order valence-electron chi connectivity index (χ3n) is 11.8. The molecular weight excluding hydrogens is 767 g/mol. The molecule has 360 valence electrons. The SMILES string of the molecule is CCCCC/C=C\C/C=C\C/C=C\C/C=C\CCCC(CC(=O)NC(CO)C(O)CCCCCCCCCCCCC)OC(=O)CCCCCCCCC/C=C\CCCCCC. The second-order valence-corrected chi connectivity index (χ2v) is 17.9. The summed E-state index contributed by atoms with van der Waals surface area (Å²) in [5, 5.41) is 23.7. The van der Waals surface area contributed by atoms with Gasteiger partial charge in [0.05, 0.1) is 25.2 Å². The molecule has 0 saturated heterocycles. The van der Waals surface area contributed by atoms with Crippen LogP contribution in [0.15, 0.2) is 60.8 Å². The molecule has 3 unspecified atom stereocenters. The highest BCUT2D eigenvalue weighted by Crippen LogP contribution is 2.17. The van der Waals surface area contributed by atoms with Gasteiger partial charge in [0, 0.05) is 6.42 Å². The van der Waals surface area contributed by atoms with Crippen LogP contribution in [0.2, 0.25) is 0 Å². The number of rotatable bonds is 47. The number of carbonyl (C=O) groups excluding carboxylic acids is 2. The molecule has 3 atom stereocenters. The van der Waals surface area contributed by atoms with Gasteiger partial charge in [-0.1, -0.05) is 216 Å². The van der Waals surface area contributed by atoms with Crippen molar-refractivity contribution < 1.29 is 24.5 Å². The Hall–Kier alpha value is -2.44. The molecule has 0 spiro atoms. The minimum Gasteiger partial charge on any atom is -0.462 e. The average Bonchev–Trinajstić information content (AvgIpc) is 3.26. The predicted molar refractivity (Wildman–Crippen MR) is 268 cm³/mol. The van der Waals surface area contributed by atoms with Crippen LogP contribution in [0.4, 0.5) is 0 Å². The second kappa shape index (κ2) is 49.6. The van der Waals surface area contributed by atoms with E-state index in [1.54, 1.807) is 0 Å². The van der Waals surface area contributed by atoms with Gasteiger partial charge in [-0.3, -0.25) is 9.59 Å². The van der Waals surface area contributed by atoms with E-state index in [1.807, 2.05) is 0 Å². The first-order valence-electron chi connectivity index (χ1n) is 26.5. The molecule has 0 aromatic heterocycles. The zero-order valence-electron chi connectivity index (χ0n) is 41.0. The number of aliphatic hydroxyl groups is 2. The number of hydrogen-bond acceptors (Lipinski definition) is 5. The molecule has 6 heteroatoms. The quantitative estimate of drug-likeness (QED) is 0.0322. The Morgan fingerprint density at radius 1 is 0.468 bits per heavy atom. The van der Waals surface area contributed by atoms with Crippen LogP contribution in [-0.2, 0) is 14.3 Å². The van der Waals surface area contributed by atoms with Crippen molar-refractivity contribution in [2.45, 2.75) is 277 Å². The Labute approximate surface area is 384 Å². The number of unbranched alkanes of at least 4 members (excludes halogenated alkanes) is 25. The van der Waals surface area contributed by atoms with Crippen LogP contribution in [0, 0.1) is 0 Å². The van der Waals surface area contributed by atoms with Crippen LogP contribution >= 0.6 is 0 Å². The van der Waals surface area contributed by atoms with Crippen molar-refractivity contribution in [3.8, 4) is 0 Å². The van der Waals surface area contributed by atoms with Crippen molar-refractivity contribution >= 4 is 11.9 Å². The zero-order chi connectivity index (χ0) is 45.2. The molecule has 0 aliphatic rings. The summed E-state index contributed by atoms with van der Waals surface area (Å²) in [5.74, 6) is -0.530. The van der Waals surface area contributed by atoms with Gasteiger partial charge in [0.2, 0.25) is 5.91 Å². The van der Waals surface area contributed by atoms with Crippen molar-refractivity contribution in [2.24, 2.45) is 0 Å². The highest BCUT2D eigenvalue weighted by molar-refractivity contribution is 5.77. The fourth-order valence-corrected chi connectivity index (χ4v) is 7.77. The molecule has 0 heterocycles.